The zero-order valence-corrected chi connectivity index (χ0v) is 12.0. The molecule has 4 nitrogen and oxygen atoms in total. The van der Waals surface area contributed by atoms with Gasteiger partial charge in [0, 0.05) is 25.8 Å². The lowest BCUT2D eigenvalue weighted by Gasteiger charge is -2.11. The molecule has 1 aromatic rings. The van der Waals surface area contributed by atoms with Gasteiger partial charge < -0.3 is 19.5 Å². The van der Waals surface area contributed by atoms with Gasteiger partial charge in [-0.25, -0.2) is 0 Å². The van der Waals surface area contributed by atoms with E-state index < -0.39 is 0 Å². The van der Waals surface area contributed by atoms with Crippen molar-refractivity contribution in [3.63, 3.8) is 0 Å². The zero-order valence-electron chi connectivity index (χ0n) is 12.0. The van der Waals surface area contributed by atoms with E-state index in [-0.39, 0.29) is 0 Å². The van der Waals surface area contributed by atoms with Gasteiger partial charge >= 0.3 is 0 Å². The van der Waals surface area contributed by atoms with Crippen molar-refractivity contribution in [1.82, 2.24) is 5.32 Å². The highest BCUT2D eigenvalue weighted by atomic mass is 16.5. The minimum Gasteiger partial charge on any atom is -0.494 e. The molecule has 0 saturated heterocycles. The number of hydrogen-bond donors (Lipinski definition) is 1. The van der Waals surface area contributed by atoms with Crippen LogP contribution < -0.4 is 10.1 Å². The second-order valence-corrected chi connectivity index (χ2v) is 4.18. The topological polar surface area (TPSA) is 39.7 Å². The van der Waals surface area contributed by atoms with E-state index in [2.05, 4.69) is 11.4 Å². The minimum atomic E-state index is 0.662. The van der Waals surface area contributed by atoms with Crippen LogP contribution in [-0.4, -0.2) is 40.1 Å². The standard InChI is InChI=1S/C15H25NO3/c1-3-19-15-8-5-4-7-14(15)13-16-9-6-10-18-12-11-17-2/h4-5,7-8,16H,3,6,9-13H2,1-2H3. The van der Waals surface area contributed by atoms with Crippen molar-refractivity contribution in [2.75, 3.05) is 40.1 Å². The lowest BCUT2D eigenvalue weighted by molar-refractivity contribution is 0.0694. The highest BCUT2D eigenvalue weighted by Gasteiger charge is 2.01. The third-order valence-electron chi connectivity index (χ3n) is 2.66. The van der Waals surface area contributed by atoms with Crippen molar-refractivity contribution < 1.29 is 14.2 Å². The fourth-order valence-electron chi connectivity index (χ4n) is 1.71. The molecule has 0 aliphatic carbocycles. The van der Waals surface area contributed by atoms with Crippen LogP contribution in [-0.2, 0) is 16.0 Å². The SMILES string of the molecule is CCOc1ccccc1CNCCCOCCOC. The van der Waals surface area contributed by atoms with E-state index >= 15 is 0 Å². The molecule has 1 aromatic carbocycles. The molecule has 0 saturated carbocycles. The summed E-state index contributed by atoms with van der Waals surface area (Å²) in [6.07, 6.45) is 1.00. The molecule has 0 heterocycles. The second-order valence-electron chi connectivity index (χ2n) is 4.18. The summed E-state index contributed by atoms with van der Waals surface area (Å²) in [7, 11) is 1.68. The number of para-hydroxylation sites is 1. The molecule has 1 rings (SSSR count). The van der Waals surface area contributed by atoms with Crippen molar-refractivity contribution in [3.8, 4) is 5.75 Å². The third kappa shape index (κ3) is 7.15. The Labute approximate surface area is 116 Å². The summed E-state index contributed by atoms with van der Waals surface area (Å²) in [4.78, 5) is 0. The summed E-state index contributed by atoms with van der Waals surface area (Å²) in [5.74, 6) is 0.967. The van der Waals surface area contributed by atoms with Gasteiger partial charge in [0.2, 0.25) is 0 Å². The van der Waals surface area contributed by atoms with Crippen molar-refractivity contribution in [2.24, 2.45) is 0 Å². The maximum Gasteiger partial charge on any atom is 0.123 e. The summed E-state index contributed by atoms with van der Waals surface area (Å²) >= 11 is 0. The number of rotatable bonds is 11. The Hall–Kier alpha value is -1.10. The second kappa shape index (κ2) is 10.8. The Morgan fingerprint density at radius 3 is 2.74 bits per heavy atom. The summed E-state index contributed by atoms with van der Waals surface area (Å²) in [5, 5.41) is 3.40. The first-order chi connectivity index (χ1) is 9.38. The summed E-state index contributed by atoms with van der Waals surface area (Å²) in [5.41, 5.74) is 1.20. The molecule has 0 aliphatic rings. The van der Waals surface area contributed by atoms with Crippen LogP contribution in [0.1, 0.15) is 18.9 Å². The molecule has 0 radical (unpaired) electrons. The van der Waals surface area contributed by atoms with Crippen LogP contribution >= 0.6 is 0 Å². The smallest absolute Gasteiger partial charge is 0.123 e. The fraction of sp³-hybridized carbons (Fsp3) is 0.600. The Balaban J connectivity index is 2.12. The van der Waals surface area contributed by atoms with Gasteiger partial charge in [0.15, 0.2) is 0 Å². The van der Waals surface area contributed by atoms with E-state index in [1.54, 1.807) is 7.11 Å². The molecule has 19 heavy (non-hydrogen) atoms. The van der Waals surface area contributed by atoms with Gasteiger partial charge in [-0.3, -0.25) is 0 Å². The summed E-state index contributed by atoms with van der Waals surface area (Å²) < 4.78 is 15.9. The molecule has 0 aliphatic heterocycles. The predicted octanol–water partition coefficient (Wildman–Crippen LogP) is 2.23. The predicted molar refractivity (Wildman–Crippen MR) is 76.6 cm³/mol. The molecule has 0 unspecified atom stereocenters. The Morgan fingerprint density at radius 2 is 1.95 bits per heavy atom. The minimum absolute atomic E-state index is 0.662. The van der Waals surface area contributed by atoms with Gasteiger partial charge in [-0.15, -0.1) is 0 Å². The largest absolute Gasteiger partial charge is 0.494 e. The lowest BCUT2D eigenvalue weighted by Crippen LogP contribution is -2.17. The quantitative estimate of drug-likeness (QED) is 0.624. The van der Waals surface area contributed by atoms with Gasteiger partial charge in [-0.2, -0.15) is 0 Å². The zero-order chi connectivity index (χ0) is 13.8. The lowest BCUT2D eigenvalue weighted by atomic mass is 10.2. The van der Waals surface area contributed by atoms with Gasteiger partial charge in [0.05, 0.1) is 19.8 Å². The van der Waals surface area contributed by atoms with E-state index in [0.29, 0.717) is 19.8 Å². The summed E-state index contributed by atoms with van der Waals surface area (Å²) in [6.45, 7) is 6.57. The molecule has 0 atom stereocenters. The van der Waals surface area contributed by atoms with Gasteiger partial charge in [0.25, 0.3) is 0 Å². The third-order valence-corrected chi connectivity index (χ3v) is 2.66. The Bertz CT molecular complexity index is 331. The van der Waals surface area contributed by atoms with Crippen molar-refractivity contribution in [3.05, 3.63) is 29.8 Å². The maximum atomic E-state index is 5.58. The molecule has 108 valence electrons. The Kier molecular flexibility index (Phi) is 9.06. The number of ether oxygens (including phenoxy) is 3. The number of benzene rings is 1. The first-order valence-corrected chi connectivity index (χ1v) is 6.86. The van der Waals surface area contributed by atoms with Gasteiger partial charge in [-0.1, -0.05) is 18.2 Å². The van der Waals surface area contributed by atoms with Crippen LogP contribution in [0.2, 0.25) is 0 Å². The van der Waals surface area contributed by atoms with Crippen molar-refractivity contribution >= 4 is 0 Å². The molecule has 1 N–H and O–H groups in total. The molecular formula is C15H25NO3. The van der Waals surface area contributed by atoms with E-state index in [1.807, 2.05) is 25.1 Å². The monoisotopic (exact) mass is 267 g/mol. The molecule has 4 heteroatoms. The summed E-state index contributed by atoms with van der Waals surface area (Å²) in [6, 6.07) is 8.13. The normalized spacial score (nSPS) is 10.6. The Morgan fingerprint density at radius 1 is 1.11 bits per heavy atom. The molecule has 0 bridgehead atoms. The average molecular weight is 267 g/mol. The van der Waals surface area contributed by atoms with Crippen molar-refractivity contribution in [1.29, 1.82) is 0 Å². The van der Waals surface area contributed by atoms with E-state index in [9.17, 15) is 0 Å². The van der Waals surface area contributed by atoms with Crippen LogP contribution in [0.5, 0.6) is 5.75 Å². The number of hydrogen-bond acceptors (Lipinski definition) is 4. The van der Waals surface area contributed by atoms with Crippen LogP contribution in [0.15, 0.2) is 24.3 Å². The highest BCUT2D eigenvalue weighted by Crippen LogP contribution is 2.17. The van der Waals surface area contributed by atoms with Crippen LogP contribution in [0.3, 0.4) is 0 Å². The average Bonchev–Trinajstić information content (AvgIpc) is 2.44. The first-order valence-electron chi connectivity index (χ1n) is 6.86. The van der Waals surface area contributed by atoms with Gasteiger partial charge in [0.1, 0.15) is 5.75 Å². The molecule has 0 fully saturated rings. The van der Waals surface area contributed by atoms with Crippen LogP contribution in [0.25, 0.3) is 0 Å². The van der Waals surface area contributed by atoms with E-state index in [0.717, 1.165) is 31.9 Å². The molecule has 0 spiro atoms. The van der Waals surface area contributed by atoms with Crippen molar-refractivity contribution in [2.45, 2.75) is 19.9 Å². The fourth-order valence-corrected chi connectivity index (χ4v) is 1.71. The number of methoxy groups -OCH3 is 1. The molecule has 0 amide bonds. The number of nitrogens with one attached hydrogen (secondary N) is 1. The van der Waals surface area contributed by atoms with Crippen LogP contribution in [0, 0.1) is 0 Å². The first kappa shape index (κ1) is 16.0. The molecule has 0 aromatic heterocycles. The maximum absolute atomic E-state index is 5.58. The highest BCUT2D eigenvalue weighted by molar-refractivity contribution is 5.33. The molecular weight excluding hydrogens is 242 g/mol. The van der Waals surface area contributed by atoms with E-state index in [4.69, 9.17) is 14.2 Å². The van der Waals surface area contributed by atoms with E-state index in [1.165, 1.54) is 5.56 Å². The van der Waals surface area contributed by atoms with Gasteiger partial charge in [-0.05, 0) is 26.0 Å². The van der Waals surface area contributed by atoms with Crippen LogP contribution in [0.4, 0.5) is 0 Å².